The minimum atomic E-state index is -0.581. The number of anilines is 1. The summed E-state index contributed by atoms with van der Waals surface area (Å²) in [5.74, 6) is -0.0574. The normalized spacial score (nSPS) is 14.5. The van der Waals surface area contributed by atoms with E-state index in [2.05, 4.69) is 5.32 Å². The first-order valence-corrected chi connectivity index (χ1v) is 15.5. The van der Waals surface area contributed by atoms with Crippen LogP contribution in [0.5, 0.6) is 0 Å². The zero-order valence-corrected chi connectivity index (χ0v) is 25.4. The summed E-state index contributed by atoms with van der Waals surface area (Å²) in [6.07, 6.45) is 1.83. The number of carbonyl (C=O) groups is 3. The molecule has 0 aliphatic carbocycles. The predicted molar refractivity (Wildman–Crippen MR) is 173 cm³/mol. The fourth-order valence-corrected chi connectivity index (χ4v) is 5.44. The van der Waals surface area contributed by atoms with Crippen LogP contribution in [0.25, 0.3) is 0 Å². The number of Topliss-reactive ketones (excluding diaryl/α,β-unsaturated/α-hetero) is 1. The molecule has 10 heteroatoms. The van der Waals surface area contributed by atoms with Crippen LogP contribution in [0, 0.1) is 0 Å². The third-order valence-electron chi connectivity index (χ3n) is 7.81. The molecule has 3 aromatic carbocycles. The molecule has 0 saturated carbocycles. The summed E-state index contributed by atoms with van der Waals surface area (Å²) < 4.78 is 16.4. The molecule has 10 nitrogen and oxygen atoms in total. The van der Waals surface area contributed by atoms with Crippen molar-refractivity contribution in [2.75, 3.05) is 51.4 Å². The minimum Gasteiger partial charge on any atom is -0.446 e. The first kappa shape index (κ1) is 32.0. The van der Waals surface area contributed by atoms with E-state index in [4.69, 9.17) is 24.9 Å². The van der Waals surface area contributed by atoms with Gasteiger partial charge in [0.05, 0.1) is 31.2 Å². The Morgan fingerprint density at radius 2 is 1.64 bits per heavy atom. The van der Waals surface area contributed by atoms with Gasteiger partial charge in [-0.3, -0.25) is 19.9 Å². The molecule has 0 unspecified atom stereocenters. The molecule has 236 valence electrons. The minimum absolute atomic E-state index is 0.0282. The van der Waals surface area contributed by atoms with Gasteiger partial charge in [0.2, 0.25) is 0 Å². The van der Waals surface area contributed by atoms with E-state index in [1.165, 1.54) is 0 Å². The van der Waals surface area contributed by atoms with Gasteiger partial charge in [-0.1, -0.05) is 42.5 Å². The van der Waals surface area contributed by atoms with E-state index in [-0.39, 0.29) is 17.8 Å². The van der Waals surface area contributed by atoms with E-state index < -0.39 is 6.09 Å². The van der Waals surface area contributed by atoms with Gasteiger partial charge in [0.15, 0.2) is 5.78 Å². The third kappa shape index (κ3) is 9.07. The molecule has 2 amide bonds. The number of ether oxygens (including phenoxy) is 3. The summed E-state index contributed by atoms with van der Waals surface area (Å²) in [6, 6.07) is 22.6. The lowest BCUT2D eigenvalue weighted by atomic mass is 10.0. The Morgan fingerprint density at radius 3 is 2.42 bits per heavy atom. The highest BCUT2D eigenvalue weighted by Gasteiger charge is 2.27. The van der Waals surface area contributed by atoms with Gasteiger partial charge >= 0.3 is 6.09 Å². The van der Waals surface area contributed by atoms with E-state index in [0.29, 0.717) is 95.0 Å². The maximum Gasteiger partial charge on any atom is 0.411 e. The molecule has 0 bridgehead atoms. The Bertz CT molecular complexity index is 1500. The number of fused-ring (bicyclic) bond motifs is 1. The maximum absolute atomic E-state index is 13.3. The molecule has 0 radical (unpaired) electrons. The Labute approximate surface area is 263 Å². The molecule has 2 aliphatic heterocycles. The number of carbonyl (C=O) groups excluding carboxylic acids is 3. The Morgan fingerprint density at radius 1 is 0.867 bits per heavy atom. The van der Waals surface area contributed by atoms with Gasteiger partial charge in [-0.2, -0.15) is 0 Å². The second-order valence-electron chi connectivity index (χ2n) is 11.1. The van der Waals surface area contributed by atoms with Crippen molar-refractivity contribution in [2.45, 2.75) is 38.2 Å². The number of rotatable bonds is 14. The summed E-state index contributed by atoms with van der Waals surface area (Å²) in [7, 11) is 0. The highest BCUT2D eigenvalue weighted by atomic mass is 16.6. The van der Waals surface area contributed by atoms with Crippen LogP contribution >= 0.6 is 0 Å². The van der Waals surface area contributed by atoms with E-state index in [1.807, 2.05) is 53.4 Å². The number of aliphatic imine (C=N–C) groups is 1. The second kappa shape index (κ2) is 16.1. The van der Waals surface area contributed by atoms with Crippen molar-refractivity contribution in [3.8, 4) is 0 Å². The maximum atomic E-state index is 13.3. The van der Waals surface area contributed by atoms with Crippen LogP contribution < -0.4 is 11.1 Å². The predicted octanol–water partition coefficient (Wildman–Crippen LogP) is 5.17. The second-order valence-corrected chi connectivity index (χ2v) is 11.1. The molecule has 45 heavy (non-hydrogen) atoms. The average molecular weight is 613 g/mol. The van der Waals surface area contributed by atoms with Crippen molar-refractivity contribution < 1.29 is 28.6 Å². The van der Waals surface area contributed by atoms with Gasteiger partial charge in [0.1, 0.15) is 6.10 Å². The zero-order valence-electron chi connectivity index (χ0n) is 25.4. The molecule has 3 aromatic rings. The zero-order chi connectivity index (χ0) is 31.4. The molecule has 5 rings (SSSR count). The van der Waals surface area contributed by atoms with Crippen LogP contribution in [-0.2, 0) is 20.6 Å². The van der Waals surface area contributed by atoms with Crippen LogP contribution in [-0.4, -0.2) is 80.6 Å². The van der Waals surface area contributed by atoms with Crippen molar-refractivity contribution in [2.24, 2.45) is 10.7 Å². The largest absolute Gasteiger partial charge is 0.446 e. The van der Waals surface area contributed by atoms with Crippen LogP contribution in [0.2, 0.25) is 0 Å². The molecule has 2 aliphatic rings. The molecule has 2 heterocycles. The summed E-state index contributed by atoms with van der Waals surface area (Å²) in [4.78, 5) is 45.1. The smallest absolute Gasteiger partial charge is 0.411 e. The number of hydrogen-bond acceptors (Lipinski definition) is 8. The van der Waals surface area contributed by atoms with Gasteiger partial charge in [0, 0.05) is 68.7 Å². The fraction of sp³-hybridized carbons (Fsp3) is 0.371. The number of nitrogens with one attached hydrogen (secondary N) is 1. The lowest BCUT2D eigenvalue weighted by Gasteiger charge is -2.31. The van der Waals surface area contributed by atoms with Crippen molar-refractivity contribution in [1.29, 1.82) is 0 Å². The topological polar surface area (TPSA) is 133 Å². The number of piperidine rings is 1. The first-order valence-electron chi connectivity index (χ1n) is 15.5. The van der Waals surface area contributed by atoms with E-state index in [9.17, 15) is 14.4 Å². The number of nitrogens with zero attached hydrogens (tertiary/aromatic N) is 2. The van der Waals surface area contributed by atoms with Gasteiger partial charge in [-0.05, 0) is 47.9 Å². The lowest BCUT2D eigenvalue weighted by molar-refractivity contribution is 0.0467. The number of ketones is 1. The molecule has 0 atom stereocenters. The van der Waals surface area contributed by atoms with Crippen LogP contribution in [0.4, 0.5) is 16.2 Å². The highest BCUT2D eigenvalue weighted by molar-refractivity contribution is 6.07. The molecular weight excluding hydrogens is 572 g/mol. The van der Waals surface area contributed by atoms with Crippen molar-refractivity contribution in [3.05, 3.63) is 95.1 Å². The average Bonchev–Trinajstić information content (AvgIpc) is 3.50. The van der Waals surface area contributed by atoms with Gasteiger partial charge in [-0.15, -0.1) is 0 Å². The van der Waals surface area contributed by atoms with Crippen LogP contribution in [0.1, 0.15) is 57.5 Å². The third-order valence-corrected chi connectivity index (χ3v) is 7.81. The molecular formula is C35H40N4O6. The number of benzene rings is 3. The number of nitrogens with two attached hydrogens (primary N) is 1. The molecule has 0 spiro atoms. The summed E-state index contributed by atoms with van der Waals surface area (Å²) >= 11 is 0. The number of hydrogen-bond donors (Lipinski definition) is 2. The van der Waals surface area contributed by atoms with Crippen molar-refractivity contribution in [3.63, 3.8) is 0 Å². The van der Waals surface area contributed by atoms with E-state index >= 15 is 0 Å². The molecule has 0 aromatic heterocycles. The standard InChI is InChI=1S/C35H40N4O6/c36-15-19-44-21-20-43-18-5-10-33(40)26-8-4-9-29(23-26)37-35(42)45-30-13-16-39(17-14-30)34(41)27-11-12-31-28(22-27)24-32(38-31)25-6-2-1-3-7-25/h1-4,6-9,11-12,22-23,30H,5,10,13-21,24,36H2,(H,37,42). The van der Waals surface area contributed by atoms with E-state index in [1.54, 1.807) is 24.3 Å². The Balaban J connectivity index is 1.03. The first-order chi connectivity index (χ1) is 22.0. The van der Waals surface area contributed by atoms with Crippen molar-refractivity contribution in [1.82, 2.24) is 4.90 Å². The quantitative estimate of drug-likeness (QED) is 0.190. The molecule has 1 fully saturated rings. The van der Waals surface area contributed by atoms with Crippen molar-refractivity contribution >= 4 is 34.9 Å². The van der Waals surface area contributed by atoms with E-state index in [0.717, 1.165) is 22.5 Å². The fourth-order valence-electron chi connectivity index (χ4n) is 5.44. The van der Waals surface area contributed by atoms with Gasteiger partial charge in [0.25, 0.3) is 5.91 Å². The SMILES string of the molecule is NCCOCCOCCCC(=O)c1cccc(NC(=O)OC2CCN(C(=O)c3ccc4c(c3)CC(c3ccccc3)=N4)CC2)c1. The summed E-state index contributed by atoms with van der Waals surface area (Å²) in [5, 5.41) is 2.73. The lowest BCUT2D eigenvalue weighted by Crippen LogP contribution is -2.41. The van der Waals surface area contributed by atoms with Crippen LogP contribution in [0.3, 0.4) is 0 Å². The number of amides is 2. The molecule has 1 saturated heterocycles. The monoisotopic (exact) mass is 612 g/mol. The highest BCUT2D eigenvalue weighted by Crippen LogP contribution is 2.30. The van der Waals surface area contributed by atoms with Gasteiger partial charge in [-0.25, -0.2) is 4.79 Å². The molecule has 3 N–H and O–H groups in total. The van der Waals surface area contributed by atoms with Crippen LogP contribution in [0.15, 0.2) is 77.8 Å². The van der Waals surface area contributed by atoms with Gasteiger partial charge < -0.3 is 24.8 Å². The summed E-state index contributed by atoms with van der Waals surface area (Å²) in [6.45, 7) is 3.38. The summed E-state index contributed by atoms with van der Waals surface area (Å²) in [5.41, 5.74) is 11.1. The Kier molecular flexibility index (Phi) is 11.4. The Hall–Kier alpha value is -4.38. The number of likely N-dealkylation sites (tertiary alicyclic amines) is 1.